The zero-order valence-electron chi connectivity index (χ0n) is 13.2. The number of aromatic nitrogens is 1. The maximum Gasteiger partial charge on any atom is 0.379 e. The third kappa shape index (κ3) is 4.61. The predicted molar refractivity (Wildman–Crippen MR) is 86.6 cm³/mol. The molecule has 0 aliphatic rings. The molecule has 0 saturated heterocycles. The largest absolute Gasteiger partial charge is 0.379 e. The number of hydrogen-bond donors (Lipinski definition) is 1. The van der Waals surface area contributed by atoms with Crippen LogP contribution in [0.3, 0.4) is 0 Å². The van der Waals surface area contributed by atoms with Gasteiger partial charge < -0.3 is 9.05 Å². The van der Waals surface area contributed by atoms with Gasteiger partial charge in [-0.25, -0.2) is 9.37 Å². The zero-order valence-corrected chi connectivity index (χ0v) is 14.1. The van der Waals surface area contributed by atoms with Crippen molar-refractivity contribution >= 4 is 13.4 Å². The molecule has 1 atom stereocenters. The quantitative estimate of drug-likeness (QED) is 0.738. The Balaban J connectivity index is 2.40. The van der Waals surface area contributed by atoms with Crippen molar-refractivity contribution in [2.75, 3.05) is 18.5 Å². The number of halogens is 1. The minimum absolute atomic E-state index is 0.245. The van der Waals surface area contributed by atoms with Crippen molar-refractivity contribution in [3.8, 4) is 0 Å². The lowest BCUT2D eigenvalue weighted by atomic mass is 10.2. The number of aromatic amines is 1. The van der Waals surface area contributed by atoms with E-state index in [1.807, 2.05) is 12.1 Å². The van der Waals surface area contributed by atoms with Gasteiger partial charge >= 0.3 is 7.60 Å². The van der Waals surface area contributed by atoms with E-state index in [1.54, 1.807) is 38.2 Å². The van der Waals surface area contributed by atoms with Crippen LogP contribution in [0.4, 0.5) is 10.2 Å². The van der Waals surface area contributed by atoms with Gasteiger partial charge in [0.2, 0.25) is 5.78 Å². The van der Waals surface area contributed by atoms with Crippen LogP contribution in [0, 0.1) is 5.82 Å². The van der Waals surface area contributed by atoms with Crippen molar-refractivity contribution < 1.29 is 23.0 Å². The molecule has 0 aliphatic heterocycles. The predicted octanol–water partition coefficient (Wildman–Crippen LogP) is 4.02. The first kappa shape index (κ1) is 17.6. The third-order valence-corrected chi connectivity index (χ3v) is 5.42. The van der Waals surface area contributed by atoms with E-state index in [0.717, 1.165) is 0 Å². The average molecular weight is 339 g/mol. The molecule has 2 N–H and O–H groups in total. The second-order valence-electron chi connectivity index (χ2n) is 4.75. The molecule has 7 heteroatoms. The number of rotatable bonds is 8. The van der Waals surface area contributed by atoms with Crippen molar-refractivity contribution in [2.45, 2.75) is 19.6 Å². The smallest absolute Gasteiger partial charge is 0.306 e. The Hall–Kier alpha value is -1.75. The highest BCUT2D eigenvalue weighted by Crippen LogP contribution is 2.60. The fourth-order valence-electron chi connectivity index (χ4n) is 2.17. The molecule has 124 valence electrons. The van der Waals surface area contributed by atoms with Gasteiger partial charge in [-0.2, -0.15) is 0 Å². The highest BCUT2D eigenvalue weighted by molar-refractivity contribution is 7.54. The van der Waals surface area contributed by atoms with Gasteiger partial charge in [-0.1, -0.05) is 18.2 Å². The highest BCUT2D eigenvalue weighted by Gasteiger charge is 2.40. The lowest BCUT2D eigenvalue weighted by Crippen LogP contribution is -2.20. The summed E-state index contributed by atoms with van der Waals surface area (Å²) in [5.74, 6) is -0.454. The molecule has 0 amide bonds. The summed E-state index contributed by atoms with van der Waals surface area (Å²) >= 11 is 0. The van der Waals surface area contributed by atoms with Crippen LogP contribution in [0.1, 0.15) is 25.2 Å². The summed E-state index contributed by atoms with van der Waals surface area (Å²) in [6.07, 6.45) is 1.75. The molecule has 5 nitrogen and oxygen atoms in total. The van der Waals surface area contributed by atoms with E-state index >= 15 is 0 Å². The monoisotopic (exact) mass is 339 g/mol. The van der Waals surface area contributed by atoms with Gasteiger partial charge in [0.15, 0.2) is 0 Å². The van der Waals surface area contributed by atoms with Crippen LogP contribution in [-0.4, -0.2) is 13.2 Å². The molecule has 0 fully saturated rings. The molecule has 1 aromatic carbocycles. The molecule has 2 aromatic rings. The molecule has 0 unspecified atom stereocenters. The van der Waals surface area contributed by atoms with E-state index in [-0.39, 0.29) is 19.0 Å². The Labute approximate surface area is 135 Å². The van der Waals surface area contributed by atoms with Gasteiger partial charge in [-0.15, -0.1) is 0 Å². The summed E-state index contributed by atoms with van der Waals surface area (Å²) in [5.41, 5.74) is 0.619. The third-order valence-electron chi connectivity index (χ3n) is 3.12. The Morgan fingerprint density at radius 2 is 1.78 bits per heavy atom. The van der Waals surface area contributed by atoms with Gasteiger partial charge in [0.05, 0.1) is 19.4 Å². The zero-order chi connectivity index (χ0) is 16.7. The number of pyridine rings is 1. The summed E-state index contributed by atoms with van der Waals surface area (Å²) in [6.45, 7) is 3.99. The highest BCUT2D eigenvalue weighted by atomic mass is 31.2. The standard InChI is InChI=1S/C16H20FN2O3P/c1-3-21-23(20,22-4-2)16(13-8-10-14(17)11-9-13)19-15-7-5-6-12-18-15/h5-12,16H,3-4H2,1-2H3,(H,18,19)/p+1/t16-/m1/s1. The molecular formula is C16H21FN2O3P+. The van der Waals surface area contributed by atoms with Crippen molar-refractivity contribution in [3.05, 3.63) is 60.0 Å². The molecule has 1 heterocycles. The average Bonchev–Trinajstić information content (AvgIpc) is 2.55. The van der Waals surface area contributed by atoms with Crippen LogP contribution >= 0.6 is 7.60 Å². The number of nitrogens with one attached hydrogen (secondary N) is 2. The van der Waals surface area contributed by atoms with Gasteiger partial charge in [0.1, 0.15) is 5.82 Å². The molecule has 0 spiro atoms. The minimum atomic E-state index is -3.49. The summed E-state index contributed by atoms with van der Waals surface area (Å²) in [7, 11) is -3.49. The molecule has 23 heavy (non-hydrogen) atoms. The van der Waals surface area contributed by atoms with Crippen molar-refractivity contribution in [2.24, 2.45) is 0 Å². The minimum Gasteiger partial charge on any atom is -0.306 e. The summed E-state index contributed by atoms with van der Waals surface area (Å²) in [5, 5.41) is 3.13. The Morgan fingerprint density at radius 1 is 1.13 bits per heavy atom. The number of H-pyrrole nitrogens is 1. The van der Waals surface area contributed by atoms with Gasteiger partial charge in [-0.3, -0.25) is 9.88 Å². The van der Waals surface area contributed by atoms with Gasteiger partial charge in [0.25, 0.3) is 5.82 Å². The topological polar surface area (TPSA) is 61.7 Å². The molecule has 2 rings (SSSR count). The van der Waals surface area contributed by atoms with E-state index < -0.39 is 13.4 Å². The first-order chi connectivity index (χ1) is 11.1. The van der Waals surface area contributed by atoms with E-state index in [1.165, 1.54) is 12.1 Å². The fourth-order valence-corrected chi connectivity index (χ4v) is 4.09. The summed E-state index contributed by atoms with van der Waals surface area (Å²) in [6, 6.07) is 11.3. The fraction of sp³-hybridized carbons (Fsp3) is 0.312. The molecule has 0 bridgehead atoms. The van der Waals surface area contributed by atoms with Crippen LogP contribution in [0.5, 0.6) is 0 Å². The van der Waals surface area contributed by atoms with E-state index in [2.05, 4.69) is 10.3 Å². The van der Waals surface area contributed by atoms with Crippen LogP contribution in [0.15, 0.2) is 48.7 Å². The Morgan fingerprint density at radius 3 is 2.30 bits per heavy atom. The lowest BCUT2D eigenvalue weighted by molar-refractivity contribution is -0.361. The maximum absolute atomic E-state index is 13.2. The first-order valence-corrected chi connectivity index (χ1v) is 9.07. The number of hydrogen-bond acceptors (Lipinski definition) is 4. The van der Waals surface area contributed by atoms with Crippen molar-refractivity contribution in [1.29, 1.82) is 0 Å². The van der Waals surface area contributed by atoms with E-state index in [9.17, 15) is 8.96 Å². The van der Waals surface area contributed by atoms with Crippen LogP contribution in [0.2, 0.25) is 0 Å². The van der Waals surface area contributed by atoms with Crippen LogP contribution in [0.25, 0.3) is 0 Å². The Kier molecular flexibility index (Phi) is 6.28. The molecule has 1 aromatic heterocycles. The van der Waals surface area contributed by atoms with Gasteiger partial charge in [0, 0.05) is 11.6 Å². The van der Waals surface area contributed by atoms with Gasteiger partial charge in [-0.05, 0) is 32.0 Å². The number of anilines is 1. The molecule has 0 radical (unpaired) electrons. The first-order valence-electron chi connectivity index (χ1n) is 7.46. The molecular weight excluding hydrogens is 318 g/mol. The summed E-state index contributed by atoms with van der Waals surface area (Å²) < 4.78 is 37.3. The second-order valence-corrected chi connectivity index (χ2v) is 6.86. The second kappa shape index (κ2) is 8.20. The molecule has 0 saturated carbocycles. The summed E-state index contributed by atoms with van der Waals surface area (Å²) in [4.78, 5) is 3.02. The van der Waals surface area contributed by atoms with E-state index in [4.69, 9.17) is 9.05 Å². The lowest BCUT2D eigenvalue weighted by Gasteiger charge is -2.24. The SMILES string of the molecule is CCOP(=O)(OCC)[C@@H](Nc1cccc[nH+]1)c1ccc(F)cc1. The van der Waals surface area contributed by atoms with Crippen LogP contribution in [-0.2, 0) is 13.6 Å². The maximum atomic E-state index is 13.2. The van der Waals surface area contributed by atoms with Crippen LogP contribution < -0.4 is 10.3 Å². The van der Waals surface area contributed by atoms with E-state index in [0.29, 0.717) is 11.4 Å². The molecule has 0 aliphatic carbocycles. The number of benzene rings is 1. The van der Waals surface area contributed by atoms with Crippen molar-refractivity contribution in [3.63, 3.8) is 0 Å². The van der Waals surface area contributed by atoms with Crippen molar-refractivity contribution in [1.82, 2.24) is 0 Å². The Bertz CT molecular complexity index is 642. The normalized spacial score (nSPS) is 12.8.